The second-order valence-corrected chi connectivity index (χ2v) is 4.84. The molecule has 7 heteroatoms. The molecule has 114 valence electrons. The van der Waals surface area contributed by atoms with Gasteiger partial charge in [0.15, 0.2) is 5.96 Å². The Morgan fingerprint density at radius 2 is 2.20 bits per heavy atom. The van der Waals surface area contributed by atoms with Gasteiger partial charge in [-0.2, -0.15) is 0 Å². The van der Waals surface area contributed by atoms with E-state index in [2.05, 4.69) is 20.8 Å². The minimum atomic E-state index is -0.132. The summed E-state index contributed by atoms with van der Waals surface area (Å²) in [5.41, 5.74) is 0.816. The van der Waals surface area contributed by atoms with Crippen LogP contribution >= 0.6 is 24.0 Å². The SMILES string of the molecule is CCNC(=NCc1ccon1)NC1CCC(O)CC1.I. The van der Waals surface area contributed by atoms with E-state index >= 15 is 0 Å². The standard InChI is InChI=1S/C13H22N4O2.HI/c1-2-14-13(15-9-11-7-8-19-17-11)16-10-3-5-12(18)6-4-10;/h7-8,10,12,18H,2-6,9H2,1H3,(H2,14,15,16);1H. The second kappa shape index (κ2) is 9.17. The van der Waals surface area contributed by atoms with E-state index < -0.39 is 0 Å². The molecule has 0 bridgehead atoms. The van der Waals surface area contributed by atoms with Crippen LogP contribution < -0.4 is 10.6 Å². The lowest BCUT2D eigenvalue weighted by Gasteiger charge is -2.27. The number of aromatic nitrogens is 1. The Balaban J connectivity index is 0.00000200. The number of rotatable bonds is 4. The van der Waals surface area contributed by atoms with E-state index in [1.54, 1.807) is 6.26 Å². The van der Waals surface area contributed by atoms with Crippen LogP contribution in [-0.2, 0) is 6.54 Å². The van der Waals surface area contributed by atoms with Crippen molar-refractivity contribution in [3.8, 4) is 0 Å². The molecule has 0 saturated heterocycles. The van der Waals surface area contributed by atoms with E-state index in [1.807, 2.05) is 13.0 Å². The van der Waals surface area contributed by atoms with E-state index in [1.165, 1.54) is 0 Å². The third-order valence-electron chi connectivity index (χ3n) is 3.27. The first-order valence-corrected chi connectivity index (χ1v) is 6.90. The highest BCUT2D eigenvalue weighted by Crippen LogP contribution is 2.18. The molecule has 0 atom stereocenters. The summed E-state index contributed by atoms with van der Waals surface area (Å²) >= 11 is 0. The van der Waals surface area contributed by atoms with Crippen LogP contribution in [0.15, 0.2) is 21.8 Å². The lowest BCUT2D eigenvalue weighted by atomic mass is 9.93. The van der Waals surface area contributed by atoms with Crippen LogP contribution in [-0.4, -0.2) is 34.9 Å². The Bertz CT molecular complexity index is 389. The number of nitrogens with one attached hydrogen (secondary N) is 2. The van der Waals surface area contributed by atoms with Crippen LogP contribution in [0.2, 0.25) is 0 Å². The van der Waals surface area contributed by atoms with Crippen molar-refractivity contribution in [2.45, 2.75) is 51.3 Å². The molecule has 1 aromatic rings. The smallest absolute Gasteiger partial charge is 0.191 e. The molecule has 0 unspecified atom stereocenters. The maximum Gasteiger partial charge on any atom is 0.191 e. The van der Waals surface area contributed by atoms with Gasteiger partial charge in [-0.25, -0.2) is 4.99 Å². The molecular formula is C13H23IN4O2. The fourth-order valence-electron chi connectivity index (χ4n) is 2.21. The Labute approximate surface area is 136 Å². The Kier molecular flexibility index (Phi) is 7.90. The van der Waals surface area contributed by atoms with E-state index in [4.69, 9.17) is 4.52 Å². The fraction of sp³-hybridized carbons (Fsp3) is 0.692. The third-order valence-corrected chi connectivity index (χ3v) is 3.27. The first-order valence-electron chi connectivity index (χ1n) is 6.90. The van der Waals surface area contributed by atoms with Gasteiger partial charge in [0.1, 0.15) is 12.0 Å². The molecule has 1 fully saturated rings. The lowest BCUT2D eigenvalue weighted by Crippen LogP contribution is -2.45. The molecule has 1 saturated carbocycles. The van der Waals surface area contributed by atoms with E-state index in [-0.39, 0.29) is 30.1 Å². The van der Waals surface area contributed by atoms with Crippen LogP contribution in [0, 0.1) is 0 Å². The van der Waals surface area contributed by atoms with Gasteiger partial charge in [0.05, 0.1) is 12.6 Å². The molecule has 0 spiro atoms. The average Bonchev–Trinajstić information content (AvgIpc) is 2.92. The van der Waals surface area contributed by atoms with Gasteiger partial charge in [0.2, 0.25) is 0 Å². The van der Waals surface area contributed by atoms with Crippen LogP contribution in [0.4, 0.5) is 0 Å². The van der Waals surface area contributed by atoms with Gasteiger partial charge in [0, 0.05) is 18.7 Å². The van der Waals surface area contributed by atoms with Crippen molar-refractivity contribution in [3.63, 3.8) is 0 Å². The predicted octanol–water partition coefficient (Wildman–Crippen LogP) is 1.65. The van der Waals surface area contributed by atoms with Gasteiger partial charge in [-0.05, 0) is 32.6 Å². The monoisotopic (exact) mass is 394 g/mol. The first kappa shape index (κ1) is 17.2. The molecule has 6 nitrogen and oxygen atoms in total. The number of aliphatic hydroxyl groups excluding tert-OH is 1. The molecule has 0 radical (unpaired) electrons. The van der Waals surface area contributed by atoms with Crippen molar-refractivity contribution in [3.05, 3.63) is 18.0 Å². The van der Waals surface area contributed by atoms with Crippen molar-refractivity contribution < 1.29 is 9.63 Å². The van der Waals surface area contributed by atoms with Crippen LogP contribution in [0.25, 0.3) is 0 Å². The van der Waals surface area contributed by atoms with Crippen LogP contribution in [0.1, 0.15) is 38.3 Å². The molecule has 0 aliphatic heterocycles. The Morgan fingerprint density at radius 1 is 1.45 bits per heavy atom. The normalized spacial score (nSPS) is 23.0. The van der Waals surface area contributed by atoms with Crippen LogP contribution in [0.5, 0.6) is 0 Å². The maximum atomic E-state index is 9.50. The highest BCUT2D eigenvalue weighted by atomic mass is 127. The van der Waals surface area contributed by atoms with Crippen molar-refractivity contribution in [2.24, 2.45) is 4.99 Å². The molecule has 0 amide bonds. The Morgan fingerprint density at radius 3 is 2.80 bits per heavy atom. The van der Waals surface area contributed by atoms with Crippen molar-refractivity contribution in [1.82, 2.24) is 15.8 Å². The quantitative estimate of drug-likeness (QED) is 0.411. The summed E-state index contributed by atoms with van der Waals surface area (Å²) in [6.45, 7) is 3.36. The summed E-state index contributed by atoms with van der Waals surface area (Å²) in [4.78, 5) is 4.48. The molecule has 1 heterocycles. The second-order valence-electron chi connectivity index (χ2n) is 4.84. The largest absolute Gasteiger partial charge is 0.393 e. The van der Waals surface area contributed by atoms with E-state index in [9.17, 15) is 5.11 Å². The van der Waals surface area contributed by atoms with Gasteiger partial charge in [-0.1, -0.05) is 5.16 Å². The molecular weight excluding hydrogens is 371 g/mol. The summed E-state index contributed by atoms with van der Waals surface area (Å²) in [6, 6.07) is 2.20. The minimum Gasteiger partial charge on any atom is -0.393 e. The van der Waals surface area contributed by atoms with Gasteiger partial charge < -0.3 is 20.3 Å². The predicted molar refractivity (Wildman–Crippen MR) is 88.1 cm³/mol. The molecule has 20 heavy (non-hydrogen) atoms. The topological polar surface area (TPSA) is 82.7 Å². The number of nitrogens with zero attached hydrogens (tertiary/aromatic N) is 2. The van der Waals surface area contributed by atoms with Gasteiger partial charge in [0.25, 0.3) is 0 Å². The highest BCUT2D eigenvalue weighted by Gasteiger charge is 2.19. The lowest BCUT2D eigenvalue weighted by molar-refractivity contribution is 0.120. The zero-order chi connectivity index (χ0) is 13.5. The highest BCUT2D eigenvalue weighted by molar-refractivity contribution is 14.0. The molecule has 1 aromatic heterocycles. The number of aliphatic hydroxyl groups is 1. The van der Waals surface area contributed by atoms with Gasteiger partial charge in [-0.3, -0.25) is 0 Å². The van der Waals surface area contributed by atoms with E-state index in [0.29, 0.717) is 12.6 Å². The number of aliphatic imine (C=N–C) groups is 1. The maximum absolute atomic E-state index is 9.50. The summed E-state index contributed by atoms with van der Waals surface area (Å²) in [7, 11) is 0. The van der Waals surface area contributed by atoms with Crippen LogP contribution in [0.3, 0.4) is 0 Å². The van der Waals surface area contributed by atoms with Crippen molar-refractivity contribution in [1.29, 1.82) is 0 Å². The summed E-state index contributed by atoms with van der Waals surface area (Å²) in [5, 5.41) is 20.0. The summed E-state index contributed by atoms with van der Waals surface area (Å²) < 4.78 is 4.78. The number of halogens is 1. The molecule has 1 aliphatic rings. The Hall–Kier alpha value is -0.830. The number of hydrogen-bond donors (Lipinski definition) is 3. The van der Waals surface area contributed by atoms with Gasteiger partial charge >= 0.3 is 0 Å². The summed E-state index contributed by atoms with van der Waals surface area (Å²) in [5.74, 6) is 0.798. The molecule has 3 N–H and O–H groups in total. The number of guanidine groups is 1. The summed E-state index contributed by atoms with van der Waals surface area (Å²) in [6.07, 6.45) is 5.10. The fourth-order valence-corrected chi connectivity index (χ4v) is 2.21. The van der Waals surface area contributed by atoms with E-state index in [0.717, 1.165) is 43.9 Å². The van der Waals surface area contributed by atoms with Crippen molar-refractivity contribution in [2.75, 3.05) is 6.54 Å². The first-order chi connectivity index (χ1) is 9.28. The molecule has 0 aromatic carbocycles. The van der Waals surface area contributed by atoms with Gasteiger partial charge in [-0.15, -0.1) is 24.0 Å². The zero-order valence-electron chi connectivity index (χ0n) is 11.7. The third kappa shape index (κ3) is 5.66. The molecule has 2 rings (SSSR count). The zero-order valence-corrected chi connectivity index (χ0v) is 14.0. The minimum absolute atomic E-state index is 0. The van der Waals surface area contributed by atoms with Crippen molar-refractivity contribution >= 4 is 29.9 Å². The molecule has 1 aliphatic carbocycles. The number of hydrogen-bond acceptors (Lipinski definition) is 4. The average molecular weight is 394 g/mol.